The average molecular weight is 515 g/mol. The van der Waals surface area contributed by atoms with E-state index in [4.69, 9.17) is 11.6 Å². The molecule has 6 nitrogen and oxygen atoms in total. The number of hydrogen-bond donors (Lipinski definition) is 1. The maximum atomic E-state index is 13.3. The van der Waals surface area contributed by atoms with Crippen molar-refractivity contribution >= 4 is 23.2 Å². The maximum absolute atomic E-state index is 13.3. The Morgan fingerprint density at radius 2 is 1.69 bits per heavy atom. The predicted octanol–water partition coefficient (Wildman–Crippen LogP) is 5.47. The molecular formula is C29H43ClN4O2. The Morgan fingerprint density at radius 3 is 2.28 bits per heavy atom. The van der Waals surface area contributed by atoms with Crippen LogP contribution in [0, 0.1) is 20.8 Å². The molecule has 1 aliphatic rings. The van der Waals surface area contributed by atoms with Crippen LogP contribution in [-0.4, -0.2) is 48.1 Å². The highest BCUT2D eigenvalue weighted by atomic mass is 35.5. The van der Waals surface area contributed by atoms with Crippen LogP contribution in [0.3, 0.4) is 0 Å². The van der Waals surface area contributed by atoms with Crippen molar-refractivity contribution < 1.29 is 4.79 Å². The van der Waals surface area contributed by atoms with E-state index in [-0.39, 0.29) is 18.0 Å². The molecule has 0 unspecified atom stereocenters. The minimum atomic E-state index is -0.204. The predicted molar refractivity (Wildman–Crippen MR) is 151 cm³/mol. The summed E-state index contributed by atoms with van der Waals surface area (Å²) in [6, 6.07) is 6.82. The SMILES string of the molecule is CCCn1c(C)cc(C)c(CNC(=O)c2cc(Cl)cc(N(CC)[C@H]3CC[C@H](N(C)C)CC3)c2C)c1=O. The number of benzene rings is 1. The third-order valence-electron chi connectivity index (χ3n) is 7.78. The summed E-state index contributed by atoms with van der Waals surface area (Å²) < 4.78 is 1.79. The van der Waals surface area contributed by atoms with Gasteiger partial charge in [0.2, 0.25) is 0 Å². The number of halogens is 1. The van der Waals surface area contributed by atoms with Gasteiger partial charge in [-0.1, -0.05) is 18.5 Å². The second-order valence-corrected chi connectivity index (χ2v) is 10.8. The molecule has 0 bridgehead atoms. The molecule has 0 atom stereocenters. The van der Waals surface area contributed by atoms with Crippen molar-refractivity contribution in [2.75, 3.05) is 25.5 Å². The standard InChI is InChI=1S/C29H43ClN4O2/c1-8-14-34-20(4)15-19(3)26(29(34)36)18-31-28(35)25-16-22(30)17-27(21(25)5)33(9-2)24-12-10-23(11-13-24)32(6)7/h15-17,23-24H,8-14,18H2,1-7H3,(H,31,35)/t23-,24-. The minimum Gasteiger partial charge on any atom is -0.369 e. The van der Waals surface area contributed by atoms with E-state index in [1.54, 1.807) is 10.6 Å². The summed E-state index contributed by atoms with van der Waals surface area (Å²) in [6.45, 7) is 11.8. The van der Waals surface area contributed by atoms with Gasteiger partial charge in [0.25, 0.3) is 11.5 Å². The Balaban J connectivity index is 1.83. The molecule has 1 aliphatic carbocycles. The number of nitrogens with one attached hydrogen (secondary N) is 1. The number of hydrogen-bond acceptors (Lipinski definition) is 4. The number of nitrogens with zero attached hydrogens (tertiary/aromatic N) is 3. The van der Waals surface area contributed by atoms with E-state index >= 15 is 0 Å². The number of anilines is 1. The van der Waals surface area contributed by atoms with Crippen LogP contribution < -0.4 is 15.8 Å². The van der Waals surface area contributed by atoms with E-state index in [0.29, 0.717) is 34.8 Å². The van der Waals surface area contributed by atoms with Gasteiger partial charge in [-0.3, -0.25) is 9.59 Å². The van der Waals surface area contributed by atoms with Crippen LogP contribution in [0.4, 0.5) is 5.69 Å². The van der Waals surface area contributed by atoms with Crippen LogP contribution in [-0.2, 0) is 13.1 Å². The van der Waals surface area contributed by atoms with Gasteiger partial charge in [-0.15, -0.1) is 0 Å². The van der Waals surface area contributed by atoms with Crippen molar-refractivity contribution in [2.45, 2.75) is 91.9 Å². The largest absolute Gasteiger partial charge is 0.369 e. The normalized spacial score (nSPS) is 17.9. The molecule has 0 aliphatic heterocycles. The Labute approximate surface area is 221 Å². The van der Waals surface area contributed by atoms with Gasteiger partial charge in [-0.2, -0.15) is 0 Å². The van der Waals surface area contributed by atoms with E-state index in [1.807, 2.05) is 32.9 Å². The smallest absolute Gasteiger partial charge is 0.255 e. The van der Waals surface area contributed by atoms with Crippen LogP contribution in [0.25, 0.3) is 0 Å². The highest BCUT2D eigenvalue weighted by Gasteiger charge is 2.28. The molecule has 1 amide bonds. The molecule has 1 aromatic carbocycles. The summed E-state index contributed by atoms with van der Waals surface area (Å²) >= 11 is 6.54. The first kappa shape index (κ1) is 28.3. The number of aryl methyl sites for hydroxylation is 2. The quantitative estimate of drug-likeness (QED) is 0.482. The number of aromatic nitrogens is 1. The second kappa shape index (κ2) is 12.3. The van der Waals surface area contributed by atoms with Gasteiger partial charge in [-0.25, -0.2) is 0 Å². The van der Waals surface area contributed by atoms with E-state index in [0.717, 1.165) is 48.3 Å². The fraction of sp³-hybridized carbons (Fsp3) is 0.586. The molecule has 0 spiro atoms. The maximum Gasteiger partial charge on any atom is 0.255 e. The molecule has 1 fully saturated rings. The molecule has 1 heterocycles. The zero-order valence-corrected chi connectivity index (χ0v) is 23.8. The van der Waals surface area contributed by atoms with Gasteiger partial charge in [0.15, 0.2) is 0 Å². The Hall–Kier alpha value is -2.31. The Bertz CT molecular complexity index is 1130. The summed E-state index contributed by atoms with van der Waals surface area (Å²) in [4.78, 5) is 31.2. The summed E-state index contributed by atoms with van der Waals surface area (Å²) in [6.07, 6.45) is 5.48. The minimum absolute atomic E-state index is 0.0244. The fourth-order valence-corrected chi connectivity index (χ4v) is 5.87. The molecule has 36 heavy (non-hydrogen) atoms. The fourth-order valence-electron chi connectivity index (χ4n) is 5.66. The molecule has 1 N–H and O–H groups in total. The van der Waals surface area contributed by atoms with Gasteiger partial charge in [0.05, 0.1) is 0 Å². The van der Waals surface area contributed by atoms with E-state index in [9.17, 15) is 9.59 Å². The number of carbonyl (C=O) groups excluding carboxylic acids is 1. The van der Waals surface area contributed by atoms with Crippen molar-refractivity contribution in [1.82, 2.24) is 14.8 Å². The molecule has 1 saturated carbocycles. The first-order chi connectivity index (χ1) is 17.1. The molecule has 7 heteroatoms. The summed E-state index contributed by atoms with van der Waals surface area (Å²) in [7, 11) is 4.32. The van der Waals surface area contributed by atoms with Crippen LogP contribution in [0.2, 0.25) is 5.02 Å². The van der Waals surface area contributed by atoms with Crippen LogP contribution in [0.15, 0.2) is 23.0 Å². The molecule has 1 aromatic heterocycles. The second-order valence-electron chi connectivity index (χ2n) is 10.4. The van der Waals surface area contributed by atoms with Gasteiger partial charge in [0.1, 0.15) is 0 Å². The topological polar surface area (TPSA) is 57.6 Å². The van der Waals surface area contributed by atoms with E-state index in [2.05, 4.69) is 43.1 Å². The first-order valence-corrected chi connectivity index (χ1v) is 13.7. The monoisotopic (exact) mass is 514 g/mol. The third-order valence-corrected chi connectivity index (χ3v) is 8.00. The molecule has 0 radical (unpaired) electrons. The molecule has 3 rings (SSSR count). The highest BCUT2D eigenvalue weighted by Crippen LogP contribution is 2.34. The number of rotatable bonds is 9. The Kier molecular flexibility index (Phi) is 9.65. The van der Waals surface area contributed by atoms with Gasteiger partial charge >= 0.3 is 0 Å². The number of pyridine rings is 1. The lowest BCUT2D eigenvalue weighted by Gasteiger charge is -2.40. The van der Waals surface area contributed by atoms with Gasteiger partial charge in [-0.05, 0) is 103 Å². The molecular weight excluding hydrogens is 472 g/mol. The molecule has 2 aromatic rings. The lowest BCUT2D eigenvalue weighted by atomic mass is 9.89. The zero-order valence-electron chi connectivity index (χ0n) is 23.1. The highest BCUT2D eigenvalue weighted by molar-refractivity contribution is 6.31. The van der Waals surface area contributed by atoms with Crippen molar-refractivity contribution in [2.24, 2.45) is 0 Å². The van der Waals surface area contributed by atoms with Gasteiger partial charge in [0, 0.05) is 59.2 Å². The molecule has 0 saturated heterocycles. The van der Waals surface area contributed by atoms with Crippen molar-refractivity contribution in [1.29, 1.82) is 0 Å². The summed E-state index contributed by atoms with van der Waals surface area (Å²) in [5.41, 5.74) is 4.98. The number of carbonyl (C=O) groups is 1. The van der Waals surface area contributed by atoms with Crippen LogP contribution in [0.5, 0.6) is 0 Å². The van der Waals surface area contributed by atoms with Crippen LogP contribution in [0.1, 0.15) is 78.7 Å². The lowest BCUT2D eigenvalue weighted by molar-refractivity contribution is 0.0950. The third kappa shape index (κ3) is 6.15. The average Bonchev–Trinajstić information content (AvgIpc) is 2.84. The molecule has 198 valence electrons. The summed E-state index contributed by atoms with van der Waals surface area (Å²) in [5.74, 6) is -0.204. The van der Waals surface area contributed by atoms with E-state index in [1.165, 1.54) is 12.8 Å². The van der Waals surface area contributed by atoms with E-state index < -0.39 is 0 Å². The summed E-state index contributed by atoms with van der Waals surface area (Å²) in [5, 5.41) is 3.55. The number of amides is 1. The van der Waals surface area contributed by atoms with Crippen molar-refractivity contribution in [3.8, 4) is 0 Å². The zero-order chi connectivity index (χ0) is 26.6. The van der Waals surface area contributed by atoms with Crippen LogP contribution >= 0.6 is 11.6 Å². The first-order valence-electron chi connectivity index (χ1n) is 13.3. The van der Waals surface area contributed by atoms with Gasteiger partial charge < -0.3 is 19.7 Å². The van der Waals surface area contributed by atoms with Crippen molar-refractivity contribution in [3.63, 3.8) is 0 Å². The lowest BCUT2D eigenvalue weighted by Crippen LogP contribution is -2.42. The Morgan fingerprint density at radius 1 is 1.06 bits per heavy atom. The van der Waals surface area contributed by atoms with Crippen molar-refractivity contribution in [3.05, 3.63) is 61.5 Å².